The molecule has 1 aromatic carbocycles. The molecule has 0 bridgehead atoms. The number of piperidine rings is 1. The molecule has 1 fully saturated rings. The summed E-state index contributed by atoms with van der Waals surface area (Å²) >= 11 is 4.38. The van der Waals surface area contributed by atoms with Crippen LogP contribution in [0, 0.1) is 0 Å². The second-order valence-corrected chi connectivity index (χ2v) is 8.78. The number of benzene rings is 1. The van der Waals surface area contributed by atoms with E-state index in [1.807, 2.05) is 0 Å². The summed E-state index contributed by atoms with van der Waals surface area (Å²) in [6.07, 6.45) is 4.62. The molecular weight excluding hydrogens is 400 g/mol. The van der Waals surface area contributed by atoms with Crippen LogP contribution in [0.3, 0.4) is 0 Å². The highest BCUT2D eigenvalue weighted by atomic mass is 79.9. The highest BCUT2D eigenvalue weighted by Gasteiger charge is 2.20. The molecule has 0 spiro atoms. The minimum atomic E-state index is -3.56. The van der Waals surface area contributed by atoms with E-state index in [0.29, 0.717) is 17.6 Å². The van der Waals surface area contributed by atoms with Crippen LogP contribution >= 0.6 is 27.7 Å². The fraction of sp³-hybridized carbons (Fsp3) is 0.571. The van der Waals surface area contributed by atoms with E-state index >= 15 is 0 Å². The third-order valence-corrected chi connectivity index (χ3v) is 6.67. The maximum atomic E-state index is 12.5. The number of rotatable bonds is 6. The molecule has 6 nitrogen and oxygen atoms in total. The van der Waals surface area contributed by atoms with Crippen LogP contribution in [0.2, 0.25) is 0 Å². The molecule has 126 valence electrons. The Morgan fingerprint density at radius 1 is 1.17 bits per heavy atom. The zero-order chi connectivity index (χ0) is 16.3. The monoisotopic (exact) mass is 418 g/mol. The fourth-order valence-corrected chi connectivity index (χ4v) is 5.17. The van der Waals surface area contributed by atoms with Crippen LogP contribution in [0.25, 0.3) is 11.0 Å². The number of aromatic nitrogens is 2. The lowest BCUT2D eigenvalue weighted by Crippen LogP contribution is -2.33. The zero-order valence-electron chi connectivity index (χ0n) is 12.7. The smallest absolute Gasteiger partial charge is 0.242 e. The van der Waals surface area contributed by atoms with E-state index < -0.39 is 10.0 Å². The van der Waals surface area contributed by atoms with Crippen molar-refractivity contribution in [1.29, 1.82) is 0 Å². The number of sulfonamides is 1. The molecule has 1 aromatic heterocycles. The molecule has 0 saturated carbocycles. The Labute approximate surface area is 148 Å². The molecule has 0 radical (unpaired) electrons. The van der Waals surface area contributed by atoms with Crippen molar-refractivity contribution in [1.82, 2.24) is 18.4 Å². The first-order valence-electron chi connectivity index (χ1n) is 7.71. The van der Waals surface area contributed by atoms with Crippen LogP contribution < -0.4 is 4.72 Å². The lowest BCUT2D eigenvalue weighted by molar-refractivity contribution is 0.227. The van der Waals surface area contributed by atoms with E-state index in [2.05, 4.69) is 34.3 Å². The Hall–Kier alpha value is -0.610. The zero-order valence-corrected chi connectivity index (χ0v) is 15.9. The third kappa shape index (κ3) is 4.08. The van der Waals surface area contributed by atoms with Gasteiger partial charge in [-0.05, 0) is 67.0 Å². The number of hydrogen-bond donors (Lipinski definition) is 1. The van der Waals surface area contributed by atoms with Gasteiger partial charge in [-0.15, -0.1) is 0 Å². The van der Waals surface area contributed by atoms with Gasteiger partial charge in [-0.2, -0.15) is 8.75 Å². The SMILES string of the molecule is O=S(=O)(NCCCN1CCCCC1)c1ccc(Br)c2nsnc12. The highest BCUT2D eigenvalue weighted by molar-refractivity contribution is 9.10. The van der Waals surface area contributed by atoms with Gasteiger partial charge in [0, 0.05) is 11.0 Å². The van der Waals surface area contributed by atoms with Crippen molar-refractivity contribution in [3.8, 4) is 0 Å². The maximum Gasteiger partial charge on any atom is 0.242 e. The van der Waals surface area contributed by atoms with Crippen molar-refractivity contribution in [2.24, 2.45) is 0 Å². The van der Waals surface area contributed by atoms with Crippen LogP contribution in [0.5, 0.6) is 0 Å². The van der Waals surface area contributed by atoms with Gasteiger partial charge in [0.15, 0.2) is 0 Å². The van der Waals surface area contributed by atoms with E-state index in [1.165, 1.54) is 19.3 Å². The van der Waals surface area contributed by atoms with Crippen LogP contribution in [-0.4, -0.2) is 48.2 Å². The summed E-state index contributed by atoms with van der Waals surface area (Å²) in [6.45, 7) is 3.64. The van der Waals surface area contributed by atoms with Crippen molar-refractivity contribution in [3.63, 3.8) is 0 Å². The van der Waals surface area contributed by atoms with E-state index in [0.717, 1.165) is 42.3 Å². The van der Waals surface area contributed by atoms with E-state index in [-0.39, 0.29) is 4.90 Å². The van der Waals surface area contributed by atoms with E-state index in [4.69, 9.17) is 0 Å². The first-order valence-corrected chi connectivity index (χ1v) is 10.7. The molecule has 2 heterocycles. The molecule has 0 amide bonds. The van der Waals surface area contributed by atoms with Gasteiger partial charge in [-0.1, -0.05) is 6.42 Å². The van der Waals surface area contributed by atoms with Gasteiger partial charge in [-0.25, -0.2) is 13.1 Å². The number of likely N-dealkylation sites (tertiary alicyclic amines) is 1. The molecule has 1 aliphatic heterocycles. The minimum absolute atomic E-state index is 0.197. The summed E-state index contributed by atoms with van der Waals surface area (Å²) in [6, 6.07) is 3.27. The van der Waals surface area contributed by atoms with E-state index in [9.17, 15) is 8.42 Å². The molecule has 1 saturated heterocycles. The molecule has 1 aliphatic rings. The van der Waals surface area contributed by atoms with Crippen molar-refractivity contribution in [2.75, 3.05) is 26.2 Å². The molecular formula is C14H19BrN4O2S2. The maximum absolute atomic E-state index is 12.5. The average molecular weight is 419 g/mol. The van der Waals surface area contributed by atoms with Crippen LogP contribution in [0.1, 0.15) is 25.7 Å². The van der Waals surface area contributed by atoms with Gasteiger partial charge in [0.05, 0.1) is 11.7 Å². The molecule has 9 heteroatoms. The molecule has 0 atom stereocenters. The summed E-state index contributed by atoms with van der Waals surface area (Å²) in [4.78, 5) is 2.60. The predicted molar refractivity (Wildman–Crippen MR) is 95.2 cm³/mol. The fourth-order valence-electron chi connectivity index (χ4n) is 2.80. The average Bonchev–Trinajstić information content (AvgIpc) is 3.03. The second-order valence-electron chi connectivity index (χ2n) is 5.66. The number of fused-ring (bicyclic) bond motifs is 1. The Balaban J connectivity index is 1.62. The van der Waals surface area contributed by atoms with Crippen LogP contribution in [-0.2, 0) is 10.0 Å². The third-order valence-electron chi connectivity index (χ3n) is 4.01. The molecule has 0 unspecified atom stereocenters. The Bertz CT molecular complexity index is 772. The van der Waals surface area contributed by atoms with Crippen molar-refractivity contribution in [3.05, 3.63) is 16.6 Å². The van der Waals surface area contributed by atoms with Gasteiger partial charge >= 0.3 is 0 Å². The van der Waals surface area contributed by atoms with Crippen LogP contribution in [0.15, 0.2) is 21.5 Å². The lowest BCUT2D eigenvalue weighted by Gasteiger charge is -2.26. The number of nitrogens with zero attached hydrogens (tertiary/aromatic N) is 3. The van der Waals surface area contributed by atoms with Crippen molar-refractivity contribution >= 4 is 48.7 Å². The molecule has 2 aromatic rings. The molecule has 23 heavy (non-hydrogen) atoms. The molecule has 1 N–H and O–H groups in total. The van der Waals surface area contributed by atoms with Crippen molar-refractivity contribution in [2.45, 2.75) is 30.6 Å². The molecule has 0 aliphatic carbocycles. The molecule has 3 rings (SSSR count). The Kier molecular flexibility index (Phi) is 5.63. The van der Waals surface area contributed by atoms with Gasteiger partial charge in [-0.3, -0.25) is 0 Å². The first kappa shape index (κ1) is 17.2. The topological polar surface area (TPSA) is 75.2 Å². The second kappa shape index (κ2) is 7.52. The predicted octanol–water partition coefficient (Wildman–Crippen LogP) is 2.61. The summed E-state index contributed by atoms with van der Waals surface area (Å²) in [5.41, 5.74) is 1.01. The summed E-state index contributed by atoms with van der Waals surface area (Å²) in [5.74, 6) is 0. The normalized spacial score (nSPS) is 16.9. The Morgan fingerprint density at radius 2 is 1.91 bits per heavy atom. The highest BCUT2D eigenvalue weighted by Crippen LogP contribution is 2.27. The van der Waals surface area contributed by atoms with Crippen LogP contribution in [0.4, 0.5) is 0 Å². The lowest BCUT2D eigenvalue weighted by atomic mass is 10.1. The summed E-state index contributed by atoms with van der Waals surface area (Å²) in [7, 11) is -3.56. The number of halogens is 1. The van der Waals surface area contributed by atoms with E-state index in [1.54, 1.807) is 12.1 Å². The minimum Gasteiger partial charge on any atom is -0.303 e. The van der Waals surface area contributed by atoms with Gasteiger partial charge in [0.1, 0.15) is 15.9 Å². The largest absolute Gasteiger partial charge is 0.303 e. The van der Waals surface area contributed by atoms with Gasteiger partial charge < -0.3 is 4.90 Å². The van der Waals surface area contributed by atoms with Gasteiger partial charge in [0.25, 0.3) is 0 Å². The summed E-state index contributed by atoms with van der Waals surface area (Å²) < 4.78 is 36.7. The number of nitrogens with one attached hydrogen (secondary N) is 1. The standard InChI is InChI=1S/C14H19BrN4O2S2/c15-11-5-6-12(14-13(11)17-22-18-14)23(20,21)16-7-4-10-19-8-2-1-3-9-19/h5-6,16H,1-4,7-10H2. The van der Waals surface area contributed by atoms with Crippen molar-refractivity contribution < 1.29 is 8.42 Å². The Morgan fingerprint density at radius 3 is 2.70 bits per heavy atom. The first-order chi connectivity index (χ1) is 11.1. The quantitative estimate of drug-likeness (QED) is 0.729. The van der Waals surface area contributed by atoms with Gasteiger partial charge in [0.2, 0.25) is 10.0 Å². The summed E-state index contributed by atoms with van der Waals surface area (Å²) in [5, 5.41) is 0. The number of hydrogen-bond acceptors (Lipinski definition) is 6.